The van der Waals surface area contributed by atoms with Crippen LogP contribution >= 0.6 is 0 Å². The van der Waals surface area contributed by atoms with Crippen molar-refractivity contribution >= 4 is 8.41 Å². The lowest BCUT2D eigenvalue weighted by atomic mass is 10.3. The zero-order valence-electron chi connectivity index (χ0n) is 6.83. The molecular formula is C8H17FSi. The minimum absolute atomic E-state index is 0.959. The summed E-state index contributed by atoms with van der Waals surface area (Å²) in [4.78, 5) is 0. The molecule has 2 heteroatoms. The summed E-state index contributed by atoms with van der Waals surface area (Å²) < 4.78 is 13.4. The first-order valence-corrected chi connectivity index (χ1v) is 6.96. The molecule has 0 aromatic rings. The highest BCUT2D eigenvalue weighted by atomic mass is 28.4. The van der Waals surface area contributed by atoms with Gasteiger partial charge in [-0.05, 0) is 18.1 Å². The van der Waals surface area contributed by atoms with Gasteiger partial charge in [0.2, 0.25) is 8.41 Å². The summed E-state index contributed by atoms with van der Waals surface area (Å²) in [5, 5.41) is 0. The maximum Gasteiger partial charge on any atom is 0.247 e. The van der Waals surface area contributed by atoms with Crippen molar-refractivity contribution in [3.8, 4) is 0 Å². The normalized spacial score (nSPS) is 22.2. The Labute approximate surface area is 64.0 Å². The van der Waals surface area contributed by atoms with Crippen molar-refractivity contribution in [2.45, 2.75) is 50.7 Å². The quantitative estimate of drug-likeness (QED) is 0.335. The van der Waals surface area contributed by atoms with Gasteiger partial charge in [0.1, 0.15) is 0 Å². The Balaban J connectivity index is 2.01. The number of unbranched alkanes of at least 4 members (excludes halogenated alkanes) is 2. The van der Waals surface area contributed by atoms with Gasteiger partial charge in [-0.1, -0.05) is 32.6 Å². The van der Waals surface area contributed by atoms with Crippen molar-refractivity contribution in [3.05, 3.63) is 0 Å². The van der Waals surface area contributed by atoms with E-state index in [1.165, 1.54) is 19.3 Å². The molecule has 60 valence electrons. The number of rotatable bonds is 4. The van der Waals surface area contributed by atoms with Crippen LogP contribution in [0.3, 0.4) is 0 Å². The zero-order chi connectivity index (χ0) is 7.45. The van der Waals surface area contributed by atoms with Gasteiger partial charge in [-0.15, -0.1) is 0 Å². The topological polar surface area (TPSA) is 0 Å². The highest BCUT2D eigenvalue weighted by Gasteiger charge is 2.39. The fraction of sp³-hybridized carbons (Fsp3) is 1.00. The van der Waals surface area contributed by atoms with E-state index in [1.807, 2.05) is 0 Å². The van der Waals surface area contributed by atoms with Crippen LogP contribution in [-0.2, 0) is 0 Å². The van der Waals surface area contributed by atoms with E-state index in [9.17, 15) is 4.11 Å². The van der Waals surface area contributed by atoms with Gasteiger partial charge in [0.25, 0.3) is 0 Å². The Bertz CT molecular complexity index is 99.4. The van der Waals surface area contributed by atoms with Crippen molar-refractivity contribution < 1.29 is 4.11 Å². The van der Waals surface area contributed by atoms with Crippen LogP contribution in [0.4, 0.5) is 4.11 Å². The second kappa shape index (κ2) is 3.51. The average Bonchev–Trinajstić information content (AvgIpc) is 1.85. The Morgan fingerprint density at radius 2 is 2.00 bits per heavy atom. The van der Waals surface area contributed by atoms with Crippen LogP contribution in [0.25, 0.3) is 0 Å². The van der Waals surface area contributed by atoms with Crippen LogP contribution in [0.15, 0.2) is 0 Å². The molecule has 1 rings (SSSR count). The van der Waals surface area contributed by atoms with Crippen LogP contribution in [0.1, 0.15) is 32.6 Å². The van der Waals surface area contributed by atoms with Crippen LogP contribution in [0.2, 0.25) is 18.1 Å². The third-order valence-electron chi connectivity index (χ3n) is 2.48. The third-order valence-corrected chi connectivity index (χ3v) is 6.23. The molecule has 0 aromatic heterocycles. The molecule has 0 amide bonds. The molecule has 0 bridgehead atoms. The molecule has 0 atom stereocenters. The summed E-state index contributed by atoms with van der Waals surface area (Å²) in [5.74, 6) is 0. The molecule has 0 saturated carbocycles. The predicted molar refractivity (Wildman–Crippen MR) is 45.4 cm³/mol. The molecule has 0 aliphatic carbocycles. The maximum absolute atomic E-state index is 13.4. The van der Waals surface area contributed by atoms with E-state index in [1.54, 1.807) is 0 Å². The van der Waals surface area contributed by atoms with E-state index in [4.69, 9.17) is 0 Å². The first-order chi connectivity index (χ1) is 4.77. The first-order valence-electron chi connectivity index (χ1n) is 4.46. The summed E-state index contributed by atoms with van der Waals surface area (Å²) in [7, 11) is -2.03. The van der Waals surface area contributed by atoms with Crippen LogP contribution in [0.5, 0.6) is 0 Å². The summed E-state index contributed by atoms with van der Waals surface area (Å²) in [6.07, 6.45) is 4.79. The number of halogens is 1. The molecule has 1 fully saturated rings. The SMILES string of the molecule is CCCCC[Si]1(F)CCC1. The van der Waals surface area contributed by atoms with Crippen molar-refractivity contribution in [2.75, 3.05) is 0 Å². The molecule has 0 unspecified atom stereocenters. The van der Waals surface area contributed by atoms with Gasteiger partial charge in [0.15, 0.2) is 0 Å². The van der Waals surface area contributed by atoms with Gasteiger partial charge < -0.3 is 4.11 Å². The van der Waals surface area contributed by atoms with Crippen molar-refractivity contribution in [1.29, 1.82) is 0 Å². The zero-order valence-corrected chi connectivity index (χ0v) is 7.83. The summed E-state index contributed by atoms with van der Waals surface area (Å²) in [5.41, 5.74) is 0. The fourth-order valence-corrected chi connectivity index (χ4v) is 4.01. The molecule has 0 N–H and O–H groups in total. The van der Waals surface area contributed by atoms with E-state index < -0.39 is 8.41 Å². The van der Waals surface area contributed by atoms with E-state index in [-0.39, 0.29) is 0 Å². The lowest BCUT2D eigenvalue weighted by Crippen LogP contribution is -2.35. The Hall–Kier alpha value is 0.147. The first kappa shape index (κ1) is 8.25. The Morgan fingerprint density at radius 1 is 1.30 bits per heavy atom. The van der Waals surface area contributed by atoms with Gasteiger partial charge in [-0.3, -0.25) is 0 Å². The summed E-state index contributed by atoms with van der Waals surface area (Å²) in [6.45, 7) is 2.17. The van der Waals surface area contributed by atoms with Crippen molar-refractivity contribution in [2.24, 2.45) is 0 Å². The van der Waals surface area contributed by atoms with Crippen LogP contribution < -0.4 is 0 Å². The molecule has 1 aliphatic heterocycles. The monoisotopic (exact) mass is 160 g/mol. The lowest BCUT2D eigenvalue weighted by molar-refractivity contribution is 0.637. The van der Waals surface area contributed by atoms with E-state index in [0.29, 0.717) is 0 Å². The Morgan fingerprint density at radius 3 is 2.40 bits per heavy atom. The number of hydrogen-bond acceptors (Lipinski definition) is 0. The maximum atomic E-state index is 13.4. The van der Waals surface area contributed by atoms with E-state index in [2.05, 4.69) is 6.92 Å². The second-order valence-electron chi connectivity index (χ2n) is 3.46. The largest absolute Gasteiger partial charge is 0.314 e. The molecule has 0 spiro atoms. The molecule has 0 nitrogen and oxygen atoms in total. The minimum atomic E-state index is -2.03. The summed E-state index contributed by atoms with van der Waals surface area (Å²) in [6, 6.07) is 2.90. The second-order valence-corrected chi connectivity index (χ2v) is 7.26. The molecule has 1 aliphatic rings. The smallest absolute Gasteiger partial charge is 0.247 e. The summed E-state index contributed by atoms with van der Waals surface area (Å²) >= 11 is 0. The number of hydrogen-bond donors (Lipinski definition) is 0. The molecule has 0 radical (unpaired) electrons. The third kappa shape index (κ3) is 2.08. The van der Waals surface area contributed by atoms with E-state index in [0.717, 1.165) is 24.6 Å². The fourth-order valence-electron chi connectivity index (χ4n) is 1.50. The van der Waals surface area contributed by atoms with Crippen molar-refractivity contribution in [3.63, 3.8) is 0 Å². The van der Waals surface area contributed by atoms with Gasteiger partial charge in [-0.2, -0.15) is 0 Å². The van der Waals surface area contributed by atoms with Crippen LogP contribution in [0, 0.1) is 0 Å². The Kier molecular flexibility index (Phi) is 2.90. The van der Waals surface area contributed by atoms with Gasteiger partial charge >= 0.3 is 0 Å². The molecule has 1 heterocycles. The standard InChI is InChI=1S/C8H17FSi/c1-2-3-4-6-10(9)7-5-8-10/h2-8H2,1H3. The molecule has 1 saturated heterocycles. The minimum Gasteiger partial charge on any atom is -0.314 e. The predicted octanol–water partition coefficient (Wildman–Crippen LogP) is 3.50. The lowest BCUT2D eigenvalue weighted by Gasteiger charge is -2.30. The highest BCUT2D eigenvalue weighted by Crippen LogP contribution is 2.38. The van der Waals surface area contributed by atoms with Gasteiger partial charge in [-0.25, -0.2) is 0 Å². The average molecular weight is 160 g/mol. The molecular weight excluding hydrogens is 143 g/mol. The van der Waals surface area contributed by atoms with Crippen molar-refractivity contribution in [1.82, 2.24) is 0 Å². The van der Waals surface area contributed by atoms with Crippen LogP contribution in [-0.4, -0.2) is 8.41 Å². The van der Waals surface area contributed by atoms with Gasteiger partial charge in [0, 0.05) is 0 Å². The molecule has 10 heavy (non-hydrogen) atoms. The van der Waals surface area contributed by atoms with Gasteiger partial charge in [0.05, 0.1) is 0 Å². The highest BCUT2D eigenvalue weighted by molar-refractivity contribution is 6.75. The molecule has 0 aromatic carbocycles. The van der Waals surface area contributed by atoms with E-state index >= 15 is 0 Å².